The zero-order valence-electron chi connectivity index (χ0n) is 20.1. The van der Waals surface area contributed by atoms with E-state index in [4.69, 9.17) is 9.47 Å². The predicted octanol–water partition coefficient (Wildman–Crippen LogP) is 2.47. The van der Waals surface area contributed by atoms with Gasteiger partial charge in [-0.05, 0) is 38.5 Å². The van der Waals surface area contributed by atoms with Gasteiger partial charge in [0.25, 0.3) is 5.91 Å². The first kappa shape index (κ1) is 24.7. The smallest absolute Gasteiger partial charge is 0.354 e. The third-order valence-electron chi connectivity index (χ3n) is 6.45. The monoisotopic (exact) mass is 455 g/mol. The Kier molecular flexibility index (Phi) is 8.05. The Morgan fingerprint density at radius 1 is 1.12 bits per heavy atom. The Morgan fingerprint density at radius 2 is 1.76 bits per heavy atom. The van der Waals surface area contributed by atoms with Gasteiger partial charge in [0.1, 0.15) is 5.69 Å². The Morgan fingerprint density at radius 3 is 2.36 bits per heavy atom. The lowest BCUT2D eigenvalue weighted by molar-refractivity contribution is 0.0298. The molecule has 1 aromatic carbocycles. The molecule has 8 heteroatoms. The molecule has 1 aliphatic rings. The highest BCUT2D eigenvalue weighted by Gasteiger charge is 2.33. The number of carbonyl (C=O) groups is 3. The first-order valence-electron chi connectivity index (χ1n) is 11.2. The topological polar surface area (TPSA) is 81.1 Å². The number of methoxy groups -OCH3 is 1. The highest BCUT2D eigenvalue weighted by Crippen LogP contribution is 2.25. The number of ketones is 1. The molecule has 1 aromatic heterocycles. The number of Topliss-reactive ketones (excluding diaryl/α,β-unsaturated/α-hetero) is 1. The third kappa shape index (κ3) is 5.17. The number of esters is 1. The van der Waals surface area contributed by atoms with Crippen LogP contribution in [-0.2, 0) is 16.5 Å². The summed E-state index contributed by atoms with van der Waals surface area (Å²) in [5.74, 6) is -0.875. The van der Waals surface area contributed by atoms with E-state index < -0.39 is 12.0 Å². The summed E-state index contributed by atoms with van der Waals surface area (Å²) in [5, 5.41) is 0. The van der Waals surface area contributed by atoms with Crippen molar-refractivity contribution in [2.75, 3.05) is 46.5 Å². The van der Waals surface area contributed by atoms with E-state index in [1.54, 1.807) is 49.4 Å². The fourth-order valence-electron chi connectivity index (χ4n) is 4.37. The molecule has 0 saturated carbocycles. The predicted molar refractivity (Wildman–Crippen MR) is 125 cm³/mol. The summed E-state index contributed by atoms with van der Waals surface area (Å²) >= 11 is 0. The normalized spacial score (nSPS) is 15.2. The second-order valence-corrected chi connectivity index (χ2v) is 8.34. The van der Waals surface area contributed by atoms with E-state index in [0.29, 0.717) is 54.4 Å². The molecule has 3 rings (SSSR count). The van der Waals surface area contributed by atoms with Crippen molar-refractivity contribution >= 4 is 17.7 Å². The summed E-state index contributed by atoms with van der Waals surface area (Å²) < 4.78 is 12.0. The zero-order valence-corrected chi connectivity index (χ0v) is 20.1. The summed E-state index contributed by atoms with van der Waals surface area (Å²) in [6.45, 7) is 9.30. The largest absolute Gasteiger partial charge is 0.464 e. The van der Waals surface area contributed by atoms with E-state index in [0.717, 1.165) is 13.1 Å². The second-order valence-electron chi connectivity index (χ2n) is 8.34. The van der Waals surface area contributed by atoms with Crippen molar-refractivity contribution in [3.05, 3.63) is 58.4 Å². The number of benzene rings is 1. The lowest BCUT2D eigenvalue weighted by Crippen LogP contribution is -2.48. The van der Waals surface area contributed by atoms with Crippen LogP contribution in [0.3, 0.4) is 0 Å². The number of ether oxygens (including phenoxy) is 2. The van der Waals surface area contributed by atoms with E-state index in [-0.39, 0.29) is 11.7 Å². The van der Waals surface area contributed by atoms with Crippen molar-refractivity contribution in [3.8, 4) is 0 Å². The first-order chi connectivity index (χ1) is 15.8. The van der Waals surface area contributed by atoms with Gasteiger partial charge in [-0.25, -0.2) is 4.79 Å². The Balaban J connectivity index is 1.91. The van der Waals surface area contributed by atoms with Crippen LogP contribution in [0.15, 0.2) is 30.3 Å². The van der Waals surface area contributed by atoms with Gasteiger partial charge in [0.15, 0.2) is 5.78 Å². The minimum Gasteiger partial charge on any atom is -0.464 e. The van der Waals surface area contributed by atoms with E-state index in [1.807, 2.05) is 18.2 Å². The molecule has 1 fully saturated rings. The molecule has 2 heterocycles. The number of amides is 1. The van der Waals surface area contributed by atoms with Crippen molar-refractivity contribution in [3.63, 3.8) is 0 Å². The van der Waals surface area contributed by atoms with Gasteiger partial charge in [-0.2, -0.15) is 0 Å². The molecular weight excluding hydrogens is 422 g/mol. The zero-order chi connectivity index (χ0) is 24.1. The van der Waals surface area contributed by atoms with E-state index >= 15 is 0 Å². The van der Waals surface area contributed by atoms with E-state index in [2.05, 4.69) is 4.90 Å². The van der Waals surface area contributed by atoms with Crippen LogP contribution < -0.4 is 0 Å². The average Bonchev–Trinajstić information content (AvgIpc) is 3.06. The summed E-state index contributed by atoms with van der Waals surface area (Å²) in [4.78, 5) is 43.3. The maximum atomic E-state index is 13.7. The second kappa shape index (κ2) is 10.8. The molecule has 1 unspecified atom stereocenters. The van der Waals surface area contributed by atoms with Crippen molar-refractivity contribution in [2.24, 2.45) is 7.05 Å². The number of hydrogen-bond donors (Lipinski definition) is 0. The quantitative estimate of drug-likeness (QED) is 0.449. The Bertz CT molecular complexity index is 1010. The number of morpholine rings is 1. The number of rotatable bonds is 8. The first-order valence-corrected chi connectivity index (χ1v) is 11.2. The molecule has 0 bridgehead atoms. The molecule has 8 nitrogen and oxygen atoms in total. The van der Waals surface area contributed by atoms with Crippen LogP contribution in [0.1, 0.15) is 49.4 Å². The molecular formula is C25H33N3O5. The summed E-state index contributed by atoms with van der Waals surface area (Å²) in [6, 6.07) is 8.30. The molecule has 178 valence electrons. The Hall–Kier alpha value is -2.97. The van der Waals surface area contributed by atoms with Gasteiger partial charge in [0, 0.05) is 50.0 Å². The molecule has 0 N–H and O–H groups in total. The minimum atomic E-state index is -0.705. The van der Waals surface area contributed by atoms with Gasteiger partial charge in [-0.1, -0.05) is 18.2 Å². The van der Waals surface area contributed by atoms with Gasteiger partial charge in [-0.15, -0.1) is 0 Å². The Labute approximate surface area is 195 Å². The number of carbonyl (C=O) groups excluding carboxylic acids is 3. The summed E-state index contributed by atoms with van der Waals surface area (Å²) in [7, 11) is 3.06. The fraction of sp³-hybridized carbons (Fsp3) is 0.480. The average molecular weight is 456 g/mol. The maximum absolute atomic E-state index is 13.7. The standard InChI is InChI=1S/C25H33N3O5/c1-17-21(18(2)26(4)22(17)25(31)32-5)23(29)19(3)28(12-11-27-13-15-33-16-14-27)24(30)20-9-7-6-8-10-20/h6-10,19H,11-16H2,1-5H3. The van der Waals surface area contributed by atoms with Crippen molar-refractivity contribution in [1.29, 1.82) is 0 Å². The highest BCUT2D eigenvalue weighted by atomic mass is 16.5. The van der Waals surface area contributed by atoms with Crippen LogP contribution in [0.5, 0.6) is 0 Å². The summed E-state index contributed by atoms with van der Waals surface area (Å²) in [6.07, 6.45) is 0. The minimum absolute atomic E-state index is 0.191. The van der Waals surface area contributed by atoms with Crippen LogP contribution in [-0.4, -0.2) is 84.6 Å². The SMILES string of the molecule is COC(=O)c1c(C)c(C(=O)C(C)N(CCN2CCOCC2)C(=O)c2ccccc2)c(C)n1C. The molecule has 1 amide bonds. The van der Waals surface area contributed by atoms with Crippen molar-refractivity contribution < 1.29 is 23.9 Å². The lowest BCUT2D eigenvalue weighted by atomic mass is 9.99. The number of hydrogen-bond acceptors (Lipinski definition) is 6. The molecule has 33 heavy (non-hydrogen) atoms. The van der Waals surface area contributed by atoms with Crippen LogP contribution in [0.25, 0.3) is 0 Å². The maximum Gasteiger partial charge on any atom is 0.354 e. The van der Waals surface area contributed by atoms with Gasteiger partial charge in [0.05, 0.1) is 26.4 Å². The fourth-order valence-corrected chi connectivity index (χ4v) is 4.37. The van der Waals surface area contributed by atoms with Gasteiger partial charge < -0.3 is 18.9 Å². The number of nitrogens with zero attached hydrogens (tertiary/aromatic N) is 3. The number of aromatic nitrogens is 1. The van der Waals surface area contributed by atoms with Crippen molar-refractivity contribution in [2.45, 2.75) is 26.8 Å². The van der Waals surface area contributed by atoms with Gasteiger partial charge in [0.2, 0.25) is 0 Å². The van der Waals surface area contributed by atoms with E-state index in [1.165, 1.54) is 7.11 Å². The summed E-state index contributed by atoms with van der Waals surface area (Å²) in [5.41, 5.74) is 2.59. The molecule has 1 aliphatic heterocycles. The molecule has 0 radical (unpaired) electrons. The van der Waals surface area contributed by atoms with Crippen LogP contribution in [0.4, 0.5) is 0 Å². The van der Waals surface area contributed by atoms with Crippen LogP contribution >= 0.6 is 0 Å². The third-order valence-corrected chi connectivity index (χ3v) is 6.45. The van der Waals surface area contributed by atoms with Crippen molar-refractivity contribution in [1.82, 2.24) is 14.4 Å². The highest BCUT2D eigenvalue weighted by molar-refractivity contribution is 6.07. The molecule has 0 spiro atoms. The molecule has 0 aliphatic carbocycles. The molecule has 1 atom stereocenters. The lowest BCUT2D eigenvalue weighted by Gasteiger charge is -2.33. The molecule has 2 aromatic rings. The van der Waals surface area contributed by atoms with Gasteiger partial charge >= 0.3 is 5.97 Å². The van der Waals surface area contributed by atoms with Crippen LogP contribution in [0, 0.1) is 13.8 Å². The van der Waals surface area contributed by atoms with E-state index in [9.17, 15) is 14.4 Å². The molecule has 1 saturated heterocycles. The van der Waals surface area contributed by atoms with Gasteiger partial charge in [-0.3, -0.25) is 14.5 Å². The van der Waals surface area contributed by atoms with Crippen LogP contribution in [0.2, 0.25) is 0 Å².